The molecule has 0 atom stereocenters. The van der Waals surface area contributed by atoms with Gasteiger partial charge in [0.05, 0.1) is 0 Å². The number of benzene rings is 1. The summed E-state index contributed by atoms with van der Waals surface area (Å²) < 4.78 is 0. The molecule has 1 aromatic rings. The Balaban J connectivity index is 3.24. The SMILES string of the molecule is CCc1cccc(C(C)(C)C)c1Cl. The quantitative estimate of drug-likeness (QED) is 0.632. The normalized spacial score (nSPS) is 11.8. The summed E-state index contributed by atoms with van der Waals surface area (Å²) in [5, 5.41) is 0.942. The minimum Gasteiger partial charge on any atom is -0.0837 e. The van der Waals surface area contributed by atoms with Crippen molar-refractivity contribution < 1.29 is 0 Å². The third kappa shape index (κ3) is 2.25. The van der Waals surface area contributed by atoms with Gasteiger partial charge in [-0.15, -0.1) is 0 Å². The maximum absolute atomic E-state index is 6.29. The molecule has 13 heavy (non-hydrogen) atoms. The predicted molar refractivity (Wildman–Crippen MR) is 59.5 cm³/mol. The van der Waals surface area contributed by atoms with E-state index in [9.17, 15) is 0 Å². The second kappa shape index (κ2) is 3.71. The van der Waals surface area contributed by atoms with Crippen molar-refractivity contribution in [3.05, 3.63) is 34.3 Å². The molecule has 0 saturated carbocycles. The highest BCUT2D eigenvalue weighted by molar-refractivity contribution is 6.32. The summed E-state index contributed by atoms with van der Waals surface area (Å²) in [6.07, 6.45) is 1.00. The van der Waals surface area contributed by atoms with Crippen LogP contribution in [0, 0.1) is 0 Å². The van der Waals surface area contributed by atoms with Crippen LogP contribution < -0.4 is 0 Å². The first-order chi connectivity index (χ1) is 5.96. The Morgan fingerprint density at radius 3 is 2.31 bits per heavy atom. The third-order valence-corrected chi connectivity index (χ3v) is 2.71. The van der Waals surface area contributed by atoms with Crippen LogP contribution in [0.15, 0.2) is 18.2 Å². The summed E-state index contributed by atoms with van der Waals surface area (Å²) in [5.74, 6) is 0. The summed E-state index contributed by atoms with van der Waals surface area (Å²) in [5.41, 5.74) is 2.63. The molecule has 72 valence electrons. The van der Waals surface area contributed by atoms with Gasteiger partial charge in [0, 0.05) is 5.02 Å². The van der Waals surface area contributed by atoms with Crippen LogP contribution in [0.2, 0.25) is 5.02 Å². The topological polar surface area (TPSA) is 0 Å². The van der Waals surface area contributed by atoms with Crippen molar-refractivity contribution in [3.8, 4) is 0 Å². The molecular weight excluding hydrogens is 180 g/mol. The van der Waals surface area contributed by atoms with Crippen LogP contribution in [0.1, 0.15) is 38.8 Å². The maximum atomic E-state index is 6.29. The van der Waals surface area contributed by atoms with Gasteiger partial charge in [-0.1, -0.05) is 57.5 Å². The molecule has 0 aromatic heterocycles. The molecule has 0 fully saturated rings. The standard InChI is InChI=1S/C12H17Cl/c1-5-9-7-6-8-10(11(9)13)12(2,3)4/h6-8H,5H2,1-4H3. The number of aryl methyl sites for hydroxylation is 1. The first kappa shape index (κ1) is 10.6. The van der Waals surface area contributed by atoms with Gasteiger partial charge in [0.15, 0.2) is 0 Å². The van der Waals surface area contributed by atoms with Gasteiger partial charge in [0.2, 0.25) is 0 Å². The van der Waals surface area contributed by atoms with Crippen LogP contribution >= 0.6 is 11.6 Å². The molecule has 0 N–H and O–H groups in total. The van der Waals surface area contributed by atoms with E-state index < -0.39 is 0 Å². The smallest absolute Gasteiger partial charge is 0.0475 e. The molecule has 1 rings (SSSR count). The Hall–Kier alpha value is -0.490. The van der Waals surface area contributed by atoms with Gasteiger partial charge in [-0.2, -0.15) is 0 Å². The summed E-state index contributed by atoms with van der Waals surface area (Å²) in [6, 6.07) is 6.30. The molecule has 0 amide bonds. The summed E-state index contributed by atoms with van der Waals surface area (Å²) >= 11 is 6.29. The Kier molecular flexibility index (Phi) is 3.02. The van der Waals surface area contributed by atoms with Gasteiger partial charge in [-0.25, -0.2) is 0 Å². The van der Waals surface area contributed by atoms with Gasteiger partial charge in [0.25, 0.3) is 0 Å². The number of hydrogen-bond donors (Lipinski definition) is 0. The Morgan fingerprint density at radius 1 is 1.23 bits per heavy atom. The first-order valence-electron chi connectivity index (χ1n) is 4.74. The first-order valence-corrected chi connectivity index (χ1v) is 5.12. The molecule has 0 bridgehead atoms. The Labute approximate surface area is 85.9 Å². The minimum absolute atomic E-state index is 0.141. The highest BCUT2D eigenvalue weighted by Gasteiger charge is 2.17. The molecule has 0 radical (unpaired) electrons. The number of hydrogen-bond acceptors (Lipinski definition) is 0. The van der Waals surface area contributed by atoms with Crippen LogP contribution in [-0.4, -0.2) is 0 Å². The molecule has 0 aliphatic rings. The van der Waals surface area contributed by atoms with E-state index in [0.29, 0.717) is 0 Å². The van der Waals surface area contributed by atoms with Crippen LogP contribution in [0.25, 0.3) is 0 Å². The van der Waals surface area contributed by atoms with E-state index in [4.69, 9.17) is 11.6 Å². The van der Waals surface area contributed by atoms with Crippen molar-refractivity contribution in [1.82, 2.24) is 0 Å². The van der Waals surface area contributed by atoms with Crippen molar-refractivity contribution in [2.75, 3.05) is 0 Å². The highest BCUT2D eigenvalue weighted by atomic mass is 35.5. The van der Waals surface area contributed by atoms with E-state index in [1.165, 1.54) is 11.1 Å². The van der Waals surface area contributed by atoms with Crippen LogP contribution in [-0.2, 0) is 11.8 Å². The van der Waals surface area contributed by atoms with Crippen LogP contribution in [0.3, 0.4) is 0 Å². The average Bonchev–Trinajstić information content (AvgIpc) is 2.02. The third-order valence-electron chi connectivity index (χ3n) is 2.27. The molecule has 0 aliphatic carbocycles. The van der Waals surface area contributed by atoms with E-state index in [1.54, 1.807) is 0 Å². The lowest BCUT2D eigenvalue weighted by Gasteiger charge is -2.21. The largest absolute Gasteiger partial charge is 0.0837 e. The van der Waals surface area contributed by atoms with E-state index >= 15 is 0 Å². The molecule has 1 aromatic carbocycles. The summed E-state index contributed by atoms with van der Waals surface area (Å²) in [6.45, 7) is 8.70. The van der Waals surface area contributed by atoms with E-state index in [2.05, 4.69) is 45.9 Å². The zero-order valence-electron chi connectivity index (χ0n) is 8.82. The molecule has 1 heteroatoms. The maximum Gasteiger partial charge on any atom is 0.0475 e. The average molecular weight is 197 g/mol. The fourth-order valence-electron chi connectivity index (χ4n) is 1.43. The van der Waals surface area contributed by atoms with Crippen molar-refractivity contribution >= 4 is 11.6 Å². The lowest BCUT2D eigenvalue weighted by atomic mass is 9.86. The van der Waals surface area contributed by atoms with Gasteiger partial charge in [0.1, 0.15) is 0 Å². The van der Waals surface area contributed by atoms with Crippen molar-refractivity contribution in [2.45, 2.75) is 39.5 Å². The minimum atomic E-state index is 0.141. The van der Waals surface area contributed by atoms with Crippen molar-refractivity contribution in [2.24, 2.45) is 0 Å². The zero-order valence-corrected chi connectivity index (χ0v) is 9.57. The molecular formula is C12H17Cl. The van der Waals surface area contributed by atoms with Crippen molar-refractivity contribution in [3.63, 3.8) is 0 Å². The molecule has 0 nitrogen and oxygen atoms in total. The fraction of sp³-hybridized carbons (Fsp3) is 0.500. The number of rotatable bonds is 1. The predicted octanol–water partition coefficient (Wildman–Crippen LogP) is 4.20. The molecule has 0 unspecified atom stereocenters. The summed E-state index contributed by atoms with van der Waals surface area (Å²) in [7, 11) is 0. The van der Waals surface area contributed by atoms with Crippen molar-refractivity contribution in [1.29, 1.82) is 0 Å². The monoisotopic (exact) mass is 196 g/mol. The lowest BCUT2D eigenvalue weighted by molar-refractivity contribution is 0.589. The lowest BCUT2D eigenvalue weighted by Crippen LogP contribution is -2.12. The van der Waals surface area contributed by atoms with E-state index in [-0.39, 0.29) is 5.41 Å². The van der Waals surface area contributed by atoms with Crippen LogP contribution in [0.4, 0.5) is 0 Å². The second-order valence-corrected chi connectivity index (χ2v) is 4.76. The number of halogens is 1. The second-order valence-electron chi connectivity index (χ2n) is 4.38. The van der Waals surface area contributed by atoms with Gasteiger partial charge >= 0.3 is 0 Å². The van der Waals surface area contributed by atoms with E-state index in [0.717, 1.165) is 11.4 Å². The van der Waals surface area contributed by atoms with Gasteiger partial charge < -0.3 is 0 Å². The zero-order chi connectivity index (χ0) is 10.1. The fourth-order valence-corrected chi connectivity index (χ4v) is 1.98. The Morgan fingerprint density at radius 2 is 1.85 bits per heavy atom. The molecule has 0 aliphatic heterocycles. The summed E-state index contributed by atoms with van der Waals surface area (Å²) in [4.78, 5) is 0. The highest BCUT2D eigenvalue weighted by Crippen LogP contribution is 2.31. The molecule has 0 spiro atoms. The Bertz CT molecular complexity index is 294. The van der Waals surface area contributed by atoms with Gasteiger partial charge in [-0.3, -0.25) is 0 Å². The molecule has 0 saturated heterocycles. The molecule has 0 heterocycles. The van der Waals surface area contributed by atoms with Gasteiger partial charge in [-0.05, 0) is 23.0 Å². The van der Waals surface area contributed by atoms with E-state index in [1.807, 2.05) is 0 Å². The van der Waals surface area contributed by atoms with Crippen LogP contribution in [0.5, 0.6) is 0 Å².